The first-order valence-corrected chi connectivity index (χ1v) is 10.5. The molecule has 12 heteroatoms. The van der Waals surface area contributed by atoms with E-state index < -0.39 is 48.9 Å². The van der Waals surface area contributed by atoms with Gasteiger partial charge >= 0.3 is 0 Å². The van der Waals surface area contributed by atoms with Gasteiger partial charge in [-0.25, -0.2) is 0 Å². The first-order valence-electron chi connectivity index (χ1n) is 10.5. The van der Waals surface area contributed by atoms with Crippen LogP contribution in [-0.4, -0.2) is 90.3 Å². The Balaban J connectivity index is 1.60. The van der Waals surface area contributed by atoms with Gasteiger partial charge < -0.3 is 48.8 Å². The zero-order valence-corrected chi connectivity index (χ0v) is 18.7. The van der Waals surface area contributed by atoms with Crippen molar-refractivity contribution in [3.05, 3.63) is 41.5 Å². The van der Waals surface area contributed by atoms with E-state index in [0.29, 0.717) is 5.75 Å². The number of ketones is 2. The van der Waals surface area contributed by atoms with E-state index >= 15 is 0 Å². The summed E-state index contributed by atoms with van der Waals surface area (Å²) in [5.41, 5.74) is -0.0460. The van der Waals surface area contributed by atoms with Crippen molar-refractivity contribution in [3.63, 3.8) is 0 Å². The van der Waals surface area contributed by atoms with Gasteiger partial charge in [-0.2, -0.15) is 0 Å². The molecule has 1 fully saturated rings. The second-order valence-corrected chi connectivity index (χ2v) is 7.75. The smallest absolute Gasteiger partial charge is 0.233 e. The van der Waals surface area contributed by atoms with Crippen LogP contribution in [0.25, 0.3) is 0 Å². The highest BCUT2D eigenvalue weighted by Gasteiger charge is 2.45. The SMILES string of the molecule is COc1ccc(C(=O)C(=O)c2cc(OC)c3c(c2)OCO3)cc1O[C@@H]1O[C@H](CO)[C@@H](O)[C@H](O)[C@H]1O. The first-order chi connectivity index (χ1) is 16.8. The molecule has 35 heavy (non-hydrogen) atoms. The molecule has 0 radical (unpaired) electrons. The van der Waals surface area contributed by atoms with Crippen molar-refractivity contribution < 1.29 is 58.4 Å². The molecule has 0 unspecified atom stereocenters. The van der Waals surface area contributed by atoms with E-state index in [2.05, 4.69) is 0 Å². The third-order valence-corrected chi connectivity index (χ3v) is 5.64. The van der Waals surface area contributed by atoms with Crippen LogP contribution >= 0.6 is 0 Å². The van der Waals surface area contributed by atoms with Crippen molar-refractivity contribution in [1.82, 2.24) is 0 Å². The van der Waals surface area contributed by atoms with Gasteiger partial charge in [-0.1, -0.05) is 0 Å². The number of carbonyl (C=O) groups is 2. The number of hydrogen-bond acceptors (Lipinski definition) is 12. The van der Waals surface area contributed by atoms with E-state index in [0.717, 1.165) is 0 Å². The maximum Gasteiger partial charge on any atom is 0.233 e. The summed E-state index contributed by atoms with van der Waals surface area (Å²) in [4.78, 5) is 26.0. The van der Waals surface area contributed by atoms with Crippen LogP contribution in [0.15, 0.2) is 30.3 Å². The van der Waals surface area contributed by atoms with Crippen LogP contribution in [0, 0.1) is 0 Å². The summed E-state index contributed by atoms with van der Waals surface area (Å²) in [6.45, 7) is -0.692. The van der Waals surface area contributed by atoms with Crippen LogP contribution in [0.1, 0.15) is 20.7 Å². The number of aliphatic hydroxyl groups excluding tert-OH is 4. The molecule has 5 atom stereocenters. The van der Waals surface area contributed by atoms with Crippen LogP contribution in [0.2, 0.25) is 0 Å². The van der Waals surface area contributed by atoms with E-state index in [4.69, 9.17) is 28.4 Å². The van der Waals surface area contributed by atoms with Crippen molar-refractivity contribution in [2.24, 2.45) is 0 Å². The second kappa shape index (κ2) is 10.1. The zero-order valence-electron chi connectivity index (χ0n) is 18.7. The third-order valence-electron chi connectivity index (χ3n) is 5.64. The van der Waals surface area contributed by atoms with E-state index in [1.807, 2.05) is 0 Å². The predicted molar refractivity (Wildman–Crippen MR) is 115 cm³/mol. The molecule has 0 aromatic heterocycles. The number of fused-ring (bicyclic) bond motifs is 1. The van der Waals surface area contributed by atoms with Crippen molar-refractivity contribution in [2.45, 2.75) is 30.7 Å². The molecule has 2 aliphatic rings. The van der Waals surface area contributed by atoms with Gasteiger partial charge in [-0.15, -0.1) is 0 Å². The Morgan fingerprint density at radius 2 is 1.57 bits per heavy atom. The lowest BCUT2D eigenvalue weighted by Gasteiger charge is -2.39. The molecule has 188 valence electrons. The molecule has 1 saturated heterocycles. The van der Waals surface area contributed by atoms with E-state index in [1.165, 1.54) is 44.6 Å². The Bertz CT molecular complexity index is 1110. The molecule has 12 nitrogen and oxygen atoms in total. The van der Waals surface area contributed by atoms with Crippen molar-refractivity contribution in [2.75, 3.05) is 27.6 Å². The molecule has 4 N–H and O–H groups in total. The van der Waals surface area contributed by atoms with Crippen molar-refractivity contribution in [1.29, 1.82) is 0 Å². The topological polar surface area (TPSA) is 170 Å². The molecule has 0 spiro atoms. The molecule has 0 saturated carbocycles. The van der Waals surface area contributed by atoms with Crippen LogP contribution in [0.3, 0.4) is 0 Å². The van der Waals surface area contributed by atoms with Gasteiger partial charge in [0.15, 0.2) is 23.0 Å². The monoisotopic (exact) mass is 492 g/mol. The highest BCUT2D eigenvalue weighted by Crippen LogP contribution is 2.42. The normalized spacial score (nSPS) is 25.1. The fourth-order valence-corrected chi connectivity index (χ4v) is 3.72. The van der Waals surface area contributed by atoms with Gasteiger partial charge in [-0.05, 0) is 30.3 Å². The molecule has 0 bridgehead atoms. The Hall–Kier alpha value is -3.42. The van der Waals surface area contributed by atoms with Gasteiger partial charge in [0.2, 0.25) is 30.4 Å². The summed E-state index contributed by atoms with van der Waals surface area (Å²) in [6, 6.07) is 6.68. The number of aliphatic hydroxyl groups is 4. The quantitative estimate of drug-likeness (QED) is 0.280. The van der Waals surface area contributed by atoms with Gasteiger partial charge in [-0.3, -0.25) is 9.59 Å². The summed E-state index contributed by atoms with van der Waals surface area (Å²) in [6.07, 6.45) is -7.62. The summed E-state index contributed by atoms with van der Waals surface area (Å²) in [5, 5.41) is 39.6. The van der Waals surface area contributed by atoms with Crippen LogP contribution in [0.4, 0.5) is 0 Å². The average Bonchev–Trinajstić information content (AvgIpc) is 3.36. The molecule has 2 heterocycles. The molecular formula is C23H24O12. The molecule has 2 aliphatic heterocycles. The van der Waals surface area contributed by atoms with Gasteiger partial charge in [0.05, 0.1) is 20.8 Å². The van der Waals surface area contributed by atoms with Crippen LogP contribution in [0.5, 0.6) is 28.7 Å². The summed E-state index contributed by atoms with van der Waals surface area (Å²) >= 11 is 0. The summed E-state index contributed by atoms with van der Waals surface area (Å²) < 4.78 is 32.0. The number of carbonyl (C=O) groups excluding carboxylic acids is 2. The third kappa shape index (κ3) is 4.61. The summed E-state index contributed by atoms with van der Waals surface area (Å²) in [5.74, 6) is -0.859. The predicted octanol–water partition coefficient (Wildman–Crippen LogP) is -0.323. The van der Waals surface area contributed by atoms with Crippen LogP contribution in [-0.2, 0) is 4.74 Å². The van der Waals surface area contributed by atoms with Gasteiger partial charge in [0.25, 0.3) is 0 Å². The Morgan fingerprint density at radius 1 is 0.886 bits per heavy atom. The number of benzene rings is 2. The molecule has 0 amide bonds. The minimum atomic E-state index is -1.68. The minimum absolute atomic E-state index is 0.0170. The molecule has 2 aromatic rings. The fourth-order valence-electron chi connectivity index (χ4n) is 3.72. The van der Waals surface area contributed by atoms with E-state index in [1.54, 1.807) is 0 Å². The number of methoxy groups -OCH3 is 2. The average molecular weight is 492 g/mol. The minimum Gasteiger partial charge on any atom is -0.493 e. The second-order valence-electron chi connectivity index (χ2n) is 7.75. The molecular weight excluding hydrogens is 468 g/mol. The Labute approximate surface area is 199 Å². The Morgan fingerprint density at radius 3 is 2.26 bits per heavy atom. The number of Topliss-reactive ketones (excluding diaryl/α,β-unsaturated/α-hetero) is 2. The molecule has 4 rings (SSSR count). The van der Waals surface area contributed by atoms with Gasteiger partial charge in [0, 0.05) is 11.1 Å². The highest BCUT2D eigenvalue weighted by molar-refractivity contribution is 6.49. The number of ether oxygens (including phenoxy) is 6. The fraction of sp³-hybridized carbons (Fsp3) is 0.391. The molecule has 0 aliphatic carbocycles. The standard InChI is InChI=1S/C23H24O12/c1-30-12-4-3-10(5-13(12)34-23-21(29)20(28)19(27)16(8-24)35-23)17(25)18(26)11-6-14(31-2)22-15(7-11)32-9-33-22/h3-7,16,19-21,23-24,27-29H,8-9H2,1-2H3/t16-,19-,20+,21-,23-/m1/s1. The lowest BCUT2D eigenvalue weighted by molar-refractivity contribution is -0.277. The van der Waals surface area contributed by atoms with Crippen LogP contribution < -0.4 is 23.7 Å². The van der Waals surface area contributed by atoms with E-state index in [-0.39, 0.29) is 40.9 Å². The lowest BCUT2D eigenvalue weighted by atomic mass is 9.99. The van der Waals surface area contributed by atoms with Crippen molar-refractivity contribution >= 4 is 11.6 Å². The van der Waals surface area contributed by atoms with Crippen molar-refractivity contribution in [3.8, 4) is 28.7 Å². The van der Waals surface area contributed by atoms with E-state index in [9.17, 15) is 30.0 Å². The first kappa shape index (κ1) is 24.7. The maximum atomic E-state index is 13.0. The number of rotatable bonds is 8. The zero-order chi connectivity index (χ0) is 25.3. The highest BCUT2D eigenvalue weighted by atomic mass is 16.7. The Kier molecular flexibility index (Phi) is 7.10. The largest absolute Gasteiger partial charge is 0.493 e. The lowest BCUT2D eigenvalue weighted by Crippen LogP contribution is -2.60. The molecule has 2 aromatic carbocycles. The summed E-state index contributed by atoms with van der Waals surface area (Å²) in [7, 11) is 2.72. The van der Waals surface area contributed by atoms with Gasteiger partial charge in [0.1, 0.15) is 24.4 Å². The maximum absolute atomic E-state index is 13.0. The number of hydrogen-bond donors (Lipinski definition) is 4.